The van der Waals surface area contributed by atoms with E-state index in [1.807, 2.05) is 0 Å². The molecular formula is C13H11F2N3O2. The van der Waals surface area contributed by atoms with Crippen LogP contribution in [-0.4, -0.2) is 15.9 Å². The number of pyridine rings is 2. The summed E-state index contributed by atoms with van der Waals surface area (Å²) in [5.74, 6) is -2.74. The van der Waals surface area contributed by atoms with Crippen molar-refractivity contribution in [1.82, 2.24) is 9.97 Å². The zero-order valence-electron chi connectivity index (χ0n) is 10.8. The van der Waals surface area contributed by atoms with Gasteiger partial charge < -0.3 is 10.3 Å². The maximum atomic E-state index is 13.4. The fraction of sp³-hybridized carbons (Fsp3) is 0.154. The molecule has 0 spiro atoms. The molecule has 0 unspecified atom stereocenters. The Hall–Kier alpha value is -2.57. The van der Waals surface area contributed by atoms with Gasteiger partial charge in [-0.05, 0) is 19.4 Å². The molecule has 0 atom stereocenters. The lowest BCUT2D eigenvalue weighted by Gasteiger charge is -2.10. The Bertz CT molecular complexity index is 715. The first kappa shape index (κ1) is 13.9. The normalized spacial score (nSPS) is 10.4. The molecule has 0 aliphatic rings. The van der Waals surface area contributed by atoms with Gasteiger partial charge in [0, 0.05) is 17.8 Å². The van der Waals surface area contributed by atoms with Gasteiger partial charge in [0.05, 0.1) is 11.9 Å². The van der Waals surface area contributed by atoms with Crippen LogP contribution >= 0.6 is 0 Å². The Morgan fingerprint density at radius 2 is 2.00 bits per heavy atom. The average Bonchev–Trinajstić information content (AvgIpc) is 2.33. The number of anilines is 1. The lowest BCUT2D eigenvalue weighted by molar-refractivity contribution is 0.101. The minimum Gasteiger partial charge on any atom is -0.324 e. The molecule has 0 aliphatic carbocycles. The van der Waals surface area contributed by atoms with E-state index in [0.29, 0.717) is 23.0 Å². The molecule has 2 aromatic rings. The maximum Gasteiger partial charge on any atom is 0.277 e. The van der Waals surface area contributed by atoms with E-state index in [0.717, 1.165) is 6.20 Å². The van der Waals surface area contributed by atoms with Crippen LogP contribution in [0.1, 0.15) is 21.7 Å². The molecule has 0 bridgehead atoms. The third kappa shape index (κ3) is 2.71. The summed E-state index contributed by atoms with van der Waals surface area (Å²) < 4.78 is 26.2. The second kappa shape index (κ2) is 5.20. The number of amides is 1. The molecule has 104 valence electrons. The van der Waals surface area contributed by atoms with Gasteiger partial charge in [-0.2, -0.15) is 0 Å². The van der Waals surface area contributed by atoms with E-state index in [1.54, 1.807) is 13.8 Å². The zero-order valence-corrected chi connectivity index (χ0v) is 10.8. The third-order valence-corrected chi connectivity index (χ3v) is 2.69. The SMILES string of the molecule is Cc1cc(=O)[nH]c(C)c1NC(=O)c1ncc(F)cc1F. The van der Waals surface area contributed by atoms with E-state index in [-0.39, 0.29) is 5.56 Å². The molecule has 2 heterocycles. The van der Waals surface area contributed by atoms with Crippen LogP contribution in [0.5, 0.6) is 0 Å². The number of nitrogens with zero attached hydrogens (tertiary/aromatic N) is 1. The second-order valence-electron chi connectivity index (χ2n) is 4.25. The Kier molecular flexibility index (Phi) is 3.60. The van der Waals surface area contributed by atoms with Crippen LogP contribution in [0.2, 0.25) is 0 Å². The van der Waals surface area contributed by atoms with Crippen molar-refractivity contribution in [3.8, 4) is 0 Å². The lowest BCUT2D eigenvalue weighted by atomic mass is 10.2. The number of rotatable bonds is 2. The number of nitrogens with one attached hydrogen (secondary N) is 2. The first-order valence-corrected chi connectivity index (χ1v) is 5.71. The molecule has 2 aromatic heterocycles. The van der Waals surface area contributed by atoms with Crippen molar-refractivity contribution in [2.45, 2.75) is 13.8 Å². The van der Waals surface area contributed by atoms with Crippen LogP contribution in [0.4, 0.5) is 14.5 Å². The van der Waals surface area contributed by atoms with Gasteiger partial charge >= 0.3 is 0 Å². The van der Waals surface area contributed by atoms with Gasteiger partial charge in [0.15, 0.2) is 11.5 Å². The molecule has 0 fully saturated rings. The molecule has 1 amide bonds. The summed E-state index contributed by atoms with van der Waals surface area (Å²) in [4.78, 5) is 29.1. The summed E-state index contributed by atoms with van der Waals surface area (Å²) in [5, 5.41) is 2.45. The molecule has 0 saturated heterocycles. The second-order valence-corrected chi connectivity index (χ2v) is 4.25. The molecule has 0 radical (unpaired) electrons. The van der Waals surface area contributed by atoms with Crippen LogP contribution in [0.3, 0.4) is 0 Å². The van der Waals surface area contributed by atoms with Gasteiger partial charge in [-0.1, -0.05) is 0 Å². The summed E-state index contributed by atoms with van der Waals surface area (Å²) in [5.41, 5.74) is 0.508. The quantitative estimate of drug-likeness (QED) is 0.881. The fourth-order valence-electron chi connectivity index (χ4n) is 1.79. The van der Waals surface area contributed by atoms with Gasteiger partial charge in [0.1, 0.15) is 5.82 Å². The number of carbonyl (C=O) groups is 1. The van der Waals surface area contributed by atoms with Crippen molar-refractivity contribution in [2.24, 2.45) is 0 Å². The molecule has 0 aromatic carbocycles. The summed E-state index contributed by atoms with van der Waals surface area (Å²) >= 11 is 0. The third-order valence-electron chi connectivity index (χ3n) is 2.69. The zero-order chi connectivity index (χ0) is 14.9. The van der Waals surface area contributed by atoms with Gasteiger partial charge in [-0.3, -0.25) is 9.59 Å². The number of hydrogen-bond donors (Lipinski definition) is 2. The number of carbonyl (C=O) groups excluding carboxylic acids is 1. The number of hydrogen-bond acceptors (Lipinski definition) is 3. The van der Waals surface area contributed by atoms with E-state index in [1.165, 1.54) is 6.07 Å². The maximum absolute atomic E-state index is 13.4. The van der Waals surface area contributed by atoms with E-state index in [9.17, 15) is 18.4 Å². The molecule has 5 nitrogen and oxygen atoms in total. The van der Waals surface area contributed by atoms with E-state index >= 15 is 0 Å². The molecule has 0 saturated carbocycles. The highest BCUT2D eigenvalue weighted by Crippen LogP contribution is 2.17. The van der Waals surface area contributed by atoms with Crippen LogP contribution < -0.4 is 10.9 Å². The summed E-state index contributed by atoms with van der Waals surface area (Å²) in [6.07, 6.45) is 0.755. The highest BCUT2D eigenvalue weighted by Gasteiger charge is 2.16. The first-order chi connectivity index (χ1) is 9.38. The Morgan fingerprint density at radius 3 is 2.60 bits per heavy atom. The van der Waals surface area contributed by atoms with Crippen LogP contribution in [0, 0.1) is 25.5 Å². The van der Waals surface area contributed by atoms with Crippen LogP contribution in [0.25, 0.3) is 0 Å². The monoisotopic (exact) mass is 279 g/mol. The predicted octanol–water partition coefficient (Wildman–Crippen LogP) is 1.92. The highest BCUT2D eigenvalue weighted by atomic mass is 19.1. The molecule has 7 heteroatoms. The van der Waals surface area contributed by atoms with Gasteiger partial charge in [0.2, 0.25) is 5.56 Å². The standard InChI is InChI=1S/C13H11F2N3O2/c1-6-3-10(19)17-7(2)11(6)18-13(20)12-9(15)4-8(14)5-16-12/h3-5H,1-2H3,(H,17,19)(H,18,20). The van der Waals surface area contributed by atoms with Crippen molar-refractivity contribution in [1.29, 1.82) is 0 Å². The van der Waals surface area contributed by atoms with Crippen molar-refractivity contribution in [3.05, 3.63) is 57.3 Å². The minimum atomic E-state index is -1.05. The van der Waals surface area contributed by atoms with Crippen molar-refractivity contribution < 1.29 is 13.6 Å². The average molecular weight is 279 g/mol. The van der Waals surface area contributed by atoms with E-state index < -0.39 is 23.2 Å². The van der Waals surface area contributed by atoms with Gasteiger partial charge in [-0.15, -0.1) is 0 Å². The molecule has 0 aliphatic heterocycles. The Labute approximate surface area is 112 Å². The Balaban J connectivity index is 2.35. The number of aromatic nitrogens is 2. The number of aromatic amines is 1. The molecule has 20 heavy (non-hydrogen) atoms. The number of aryl methyl sites for hydroxylation is 2. The molecule has 2 rings (SSSR count). The lowest BCUT2D eigenvalue weighted by Crippen LogP contribution is -2.19. The summed E-state index contributed by atoms with van der Waals surface area (Å²) in [7, 11) is 0. The smallest absolute Gasteiger partial charge is 0.277 e. The van der Waals surface area contributed by atoms with Crippen LogP contribution in [0.15, 0.2) is 23.1 Å². The van der Waals surface area contributed by atoms with Crippen molar-refractivity contribution >= 4 is 11.6 Å². The van der Waals surface area contributed by atoms with Gasteiger partial charge in [0.25, 0.3) is 5.91 Å². The van der Waals surface area contributed by atoms with Crippen molar-refractivity contribution in [2.75, 3.05) is 5.32 Å². The predicted molar refractivity (Wildman–Crippen MR) is 68.6 cm³/mol. The van der Waals surface area contributed by atoms with E-state index in [2.05, 4.69) is 15.3 Å². The van der Waals surface area contributed by atoms with E-state index in [4.69, 9.17) is 0 Å². The fourth-order valence-corrected chi connectivity index (χ4v) is 1.79. The van der Waals surface area contributed by atoms with Crippen molar-refractivity contribution in [3.63, 3.8) is 0 Å². The van der Waals surface area contributed by atoms with Gasteiger partial charge in [-0.25, -0.2) is 13.8 Å². The number of halogens is 2. The Morgan fingerprint density at radius 1 is 1.30 bits per heavy atom. The molecule has 2 N–H and O–H groups in total. The molecular weight excluding hydrogens is 268 g/mol. The number of H-pyrrole nitrogens is 1. The largest absolute Gasteiger partial charge is 0.324 e. The summed E-state index contributed by atoms with van der Waals surface area (Å²) in [6.45, 7) is 3.23. The summed E-state index contributed by atoms with van der Waals surface area (Å²) in [6, 6.07) is 1.88. The first-order valence-electron chi connectivity index (χ1n) is 5.71. The topological polar surface area (TPSA) is 74.8 Å². The van der Waals surface area contributed by atoms with Crippen LogP contribution in [-0.2, 0) is 0 Å². The minimum absolute atomic E-state index is 0.302. The highest BCUT2D eigenvalue weighted by molar-refractivity contribution is 6.03.